The number of carbonyl (C=O) groups is 1. The zero-order valence-corrected chi connectivity index (χ0v) is 11.2. The summed E-state index contributed by atoms with van der Waals surface area (Å²) in [4.78, 5) is 15.6. The van der Waals surface area contributed by atoms with Gasteiger partial charge in [-0.3, -0.25) is 0 Å². The van der Waals surface area contributed by atoms with E-state index >= 15 is 0 Å². The van der Waals surface area contributed by atoms with Gasteiger partial charge in [-0.05, 0) is 24.6 Å². The van der Waals surface area contributed by atoms with Gasteiger partial charge >= 0.3 is 5.97 Å². The molecule has 2 aromatic rings. The average Bonchev–Trinajstić information content (AvgIpc) is 2.67. The van der Waals surface area contributed by atoms with Crippen LogP contribution in [0.4, 0.5) is 0 Å². The summed E-state index contributed by atoms with van der Waals surface area (Å²) in [6, 6.07) is 5.07. The van der Waals surface area contributed by atoms with Crippen molar-refractivity contribution in [2.75, 3.05) is 0 Å². The first-order chi connectivity index (χ1) is 8.36. The van der Waals surface area contributed by atoms with Crippen molar-refractivity contribution in [2.45, 2.75) is 32.6 Å². The van der Waals surface area contributed by atoms with E-state index in [0.717, 1.165) is 23.3 Å². The molecule has 0 saturated carbocycles. The Kier molecular flexibility index (Phi) is 2.89. The first-order valence-corrected chi connectivity index (χ1v) is 6.07. The van der Waals surface area contributed by atoms with Crippen LogP contribution in [0.1, 0.15) is 43.4 Å². The smallest absolute Gasteiger partial charge is 0.335 e. The zero-order valence-electron chi connectivity index (χ0n) is 11.2. The van der Waals surface area contributed by atoms with Gasteiger partial charge in [0.1, 0.15) is 5.82 Å². The minimum atomic E-state index is -0.918. The maximum absolute atomic E-state index is 11.0. The van der Waals surface area contributed by atoms with Crippen LogP contribution in [0.3, 0.4) is 0 Å². The molecule has 0 aliphatic rings. The Labute approximate surface area is 106 Å². The van der Waals surface area contributed by atoms with E-state index in [1.54, 1.807) is 12.1 Å². The maximum Gasteiger partial charge on any atom is 0.335 e. The van der Waals surface area contributed by atoms with E-state index < -0.39 is 5.97 Å². The van der Waals surface area contributed by atoms with Crippen molar-refractivity contribution in [1.82, 2.24) is 9.55 Å². The van der Waals surface area contributed by atoms with Gasteiger partial charge in [-0.15, -0.1) is 0 Å². The summed E-state index contributed by atoms with van der Waals surface area (Å²) in [5.74, 6) is 0.0707. The summed E-state index contributed by atoms with van der Waals surface area (Å²) in [5, 5.41) is 8.99. The number of carboxylic acids is 1. The van der Waals surface area contributed by atoms with Crippen molar-refractivity contribution in [3.05, 3.63) is 29.6 Å². The van der Waals surface area contributed by atoms with Gasteiger partial charge in [0, 0.05) is 12.5 Å². The average molecular weight is 246 g/mol. The van der Waals surface area contributed by atoms with Crippen LogP contribution in [0.15, 0.2) is 18.2 Å². The second-order valence-corrected chi connectivity index (χ2v) is 5.24. The molecule has 1 aromatic carbocycles. The van der Waals surface area contributed by atoms with Gasteiger partial charge in [0.25, 0.3) is 0 Å². The molecule has 0 spiro atoms. The third-order valence-electron chi connectivity index (χ3n) is 3.62. The number of imidazole rings is 1. The maximum atomic E-state index is 11.0. The highest BCUT2D eigenvalue weighted by Gasteiger charge is 2.24. The SMILES string of the molecule is CCC(C)(C)c1nc2cc(C(=O)O)ccc2n1C. The molecule has 0 amide bonds. The van der Waals surface area contributed by atoms with Gasteiger partial charge in [-0.1, -0.05) is 20.8 Å². The highest BCUT2D eigenvalue weighted by Crippen LogP contribution is 2.28. The van der Waals surface area contributed by atoms with Crippen LogP contribution in [0.2, 0.25) is 0 Å². The molecule has 18 heavy (non-hydrogen) atoms. The number of aryl methyl sites for hydroxylation is 1. The molecule has 1 heterocycles. The van der Waals surface area contributed by atoms with Crippen molar-refractivity contribution >= 4 is 17.0 Å². The van der Waals surface area contributed by atoms with Gasteiger partial charge < -0.3 is 9.67 Å². The lowest BCUT2D eigenvalue weighted by Gasteiger charge is -2.21. The van der Waals surface area contributed by atoms with E-state index in [2.05, 4.69) is 25.8 Å². The Morgan fingerprint density at radius 1 is 1.44 bits per heavy atom. The highest BCUT2D eigenvalue weighted by atomic mass is 16.4. The molecule has 0 bridgehead atoms. The van der Waals surface area contributed by atoms with Crippen LogP contribution in [0.25, 0.3) is 11.0 Å². The van der Waals surface area contributed by atoms with Crippen LogP contribution in [0, 0.1) is 0 Å². The summed E-state index contributed by atoms with van der Waals surface area (Å²) < 4.78 is 2.05. The second kappa shape index (κ2) is 4.12. The fourth-order valence-electron chi connectivity index (χ4n) is 2.10. The Balaban J connectivity index is 2.66. The second-order valence-electron chi connectivity index (χ2n) is 5.24. The fourth-order valence-corrected chi connectivity index (χ4v) is 2.10. The van der Waals surface area contributed by atoms with Crippen LogP contribution < -0.4 is 0 Å². The van der Waals surface area contributed by atoms with Crippen molar-refractivity contribution in [2.24, 2.45) is 7.05 Å². The van der Waals surface area contributed by atoms with Gasteiger partial charge in [-0.25, -0.2) is 9.78 Å². The molecular weight excluding hydrogens is 228 g/mol. The summed E-state index contributed by atoms with van der Waals surface area (Å²) in [6.07, 6.45) is 0.982. The molecule has 0 radical (unpaired) electrons. The molecular formula is C14H18N2O2. The summed E-state index contributed by atoms with van der Waals surface area (Å²) in [6.45, 7) is 6.42. The lowest BCUT2D eigenvalue weighted by atomic mass is 9.89. The number of hydrogen-bond acceptors (Lipinski definition) is 2. The number of benzene rings is 1. The Morgan fingerprint density at radius 3 is 2.67 bits per heavy atom. The van der Waals surface area contributed by atoms with Crippen molar-refractivity contribution in [3.63, 3.8) is 0 Å². The minimum Gasteiger partial charge on any atom is -0.478 e. The van der Waals surface area contributed by atoms with E-state index in [1.807, 2.05) is 17.7 Å². The number of rotatable bonds is 3. The third-order valence-corrected chi connectivity index (χ3v) is 3.62. The van der Waals surface area contributed by atoms with Crippen molar-refractivity contribution in [3.8, 4) is 0 Å². The largest absolute Gasteiger partial charge is 0.478 e. The Morgan fingerprint density at radius 2 is 2.11 bits per heavy atom. The van der Waals surface area contributed by atoms with E-state index in [4.69, 9.17) is 5.11 Å². The normalized spacial score (nSPS) is 12.0. The van der Waals surface area contributed by atoms with E-state index in [1.165, 1.54) is 0 Å². The first-order valence-electron chi connectivity index (χ1n) is 6.07. The van der Waals surface area contributed by atoms with Crippen molar-refractivity contribution < 1.29 is 9.90 Å². The molecule has 96 valence electrons. The number of hydrogen-bond donors (Lipinski definition) is 1. The molecule has 4 heteroatoms. The minimum absolute atomic E-state index is 0.0167. The quantitative estimate of drug-likeness (QED) is 0.905. The monoisotopic (exact) mass is 246 g/mol. The molecule has 4 nitrogen and oxygen atoms in total. The third kappa shape index (κ3) is 1.88. The van der Waals surface area contributed by atoms with Gasteiger partial charge in [0.05, 0.1) is 16.6 Å². The van der Waals surface area contributed by atoms with E-state index in [-0.39, 0.29) is 11.0 Å². The molecule has 0 unspecified atom stereocenters. The molecule has 1 N–H and O–H groups in total. The Hall–Kier alpha value is -1.84. The molecule has 0 fully saturated rings. The molecule has 1 aromatic heterocycles. The number of nitrogens with zero attached hydrogens (tertiary/aromatic N) is 2. The number of fused-ring (bicyclic) bond motifs is 1. The van der Waals surface area contributed by atoms with Crippen LogP contribution >= 0.6 is 0 Å². The van der Waals surface area contributed by atoms with Crippen molar-refractivity contribution in [1.29, 1.82) is 0 Å². The summed E-state index contributed by atoms with van der Waals surface area (Å²) in [7, 11) is 1.97. The highest BCUT2D eigenvalue weighted by molar-refractivity contribution is 5.92. The topological polar surface area (TPSA) is 55.1 Å². The molecule has 0 saturated heterocycles. The predicted molar refractivity (Wildman–Crippen MR) is 71.0 cm³/mol. The van der Waals surface area contributed by atoms with Crippen LogP contribution in [0.5, 0.6) is 0 Å². The van der Waals surface area contributed by atoms with Crippen LogP contribution in [-0.2, 0) is 12.5 Å². The molecule has 0 aliphatic carbocycles. The predicted octanol–water partition coefficient (Wildman–Crippen LogP) is 2.96. The number of aromatic nitrogens is 2. The molecule has 0 aliphatic heterocycles. The fraction of sp³-hybridized carbons (Fsp3) is 0.429. The van der Waals surface area contributed by atoms with E-state index in [9.17, 15) is 4.79 Å². The summed E-state index contributed by atoms with van der Waals surface area (Å²) >= 11 is 0. The summed E-state index contributed by atoms with van der Waals surface area (Å²) in [5.41, 5.74) is 1.98. The van der Waals surface area contributed by atoms with Crippen LogP contribution in [-0.4, -0.2) is 20.6 Å². The van der Waals surface area contributed by atoms with Gasteiger partial charge in [0.2, 0.25) is 0 Å². The lowest BCUT2D eigenvalue weighted by molar-refractivity contribution is 0.0697. The molecule has 0 atom stereocenters. The lowest BCUT2D eigenvalue weighted by Crippen LogP contribution is -2.20. The zero-order chi connectivity index (χ0) is 13.5. The number of carboxylic acid groups (broad SMARTS) is 1. The van der Waals surface area contributed by atoms with E-state index in [0.29, 0.717) is 0 Å². The van der Waals surface area contributed by atoms with Gasteiger partial charge in [0.15, 0.2) is 0 Å². The number of aromatic carboxylic acids is 1. The standard InChI is InChI=1S/C14H18N2O2/c1-5-14(2,3)13-15-10-8-9(12(17)18)6-7-11(10)16(13)4/h6-8H,5H2,1-4H3,(H,17,18). The Bertz CT molecular complexity index is 612. The van der Waals surface area contributed by atoms with Gasteiger partial charge in [-0.2, -0.15) is 0 Å². The first kappa shape index (κ1) is 12.6. The molecule has 2 rings (SSSR count).